The van der Waals surface area contributed by atoms with E-state index in [1.807, 2.05) is 0 Å². The molecule has 3 nitrogen and oxygen atoms in total. The molecule has 0 aliphatic rings. The summed E-state index contributed by atoms with van der Waals surface area (Å²) in [5.74, 6) is 5.21. The van der Waals surface area contributed by atoms with E-state index in [-0.39, 0.29) is 10.8 Å². The van der Waals surface area contributed by atoms with Gasteiger partial charge in [0.05, 0.1) is 15.4 Å². The minimum atomic E-state index is -3.48. The van der Waals surface area contributed by atoms with E-state index in [1.54, 1.807) is 6.92 Å². The maximum absolute atomic E-state index is 11.6. The molecule has 0 aliphatic heterocycles. The minimum Gasteiger partial charge on any atom is -0.206 e. The highest BCUT2D eigenvalue weighted by molar-refractivity contribution is 9.11. The van der Waals surface area contributed by atoms with E-state index >= 15 is 0 Å². The quantitative estimate of drug-likeness (QED) is 0.866. The van der Waals surface area contributed by atoms with Crippen LogP contribution in [0.3, 0.4) is 0 Å². The highest BCUT2D eigenvalue weighted by Gasteiger charge is 2.17. The molecule has 7 heteroatoms. The molecule has 1 N–H and O–H groups in total. The Morgan fingerprint density at radius 1 is 1.67 bits per heavy atom. The zero-order chi connectivity index (χ0) is 11.5. The van der Waals surface area contributed by atoms with Gasteiger partial charge < -0.3 is 0 Å². The number of nitrogens with one attached hydrogen (secondary N) is 1. The Balaban J connectivity index is 2.89. The fourth-order valence-electron chi connectivity index (χ4n) is 0.750. The SMILES string of the molecule is CC#CCNS(=O)(=O)c1cc(Cl)c(Br)s1. The van der Waals surface area contributed by atoms with Crippen molar-refractivity contribution in [2.45, 2.75) is 11.1 Å². The van der Waals surface area contributed by atoms with Gasteiger partial charge >= 0.3 is 0 Å². The van der Waals surface area contributed by atoms with E-state index in [0.717, 1.165) is 11.3 Å². The predicted molar refractivity (Wildman–Crippen MR) is 65.7 cm³/mol. The van der Waals surface area contributed by atoms with Crippen molar-refractivity contribution in [2.24, 2.45) is 0 Å². The molecule has 82 valence electrons. The van der Waals surface area contributed by atoms with Crippen molar-refractivity contribution in [1.82, 2.24) is 4.72 Å². The number of hydrogen-bond acceptors (Lipinski definition) is 3. The van der Waals surface area contributed by atoms with Crippen molar-refractivity contribution in [3.63, 3.8) is 0 Å². The summed E-state index contributed by atoms with van der Waals surface area (Å²) in [6, 6.07) is 1.40. The van der Waals surface area contributed by atoms with Crippen molar-refractivity contribution in [2.75, 3.05) is 6.54 Å². The van der Waals surface area contributed by atoms with Crippen molar-refractivity contribution in [3.05, 3.63) is 14.9 Å². The monoisotopic (exact) mass is 327 g/mol. The van der Waals surface area contributed by atoms with Gasteiger partial charge in [0, 0.05) is 0 Å². The maximum Gasteiger partial charge on any atom is 0.251 e. The molecule has 0 bridgehead atoms. The third-order valence-corrected chi connectivity index (χ3v) is 5.76. The first-order valence-corrected chi connectivity index (χ1v) is 7.28. The molecule has 1 aromatic heterocycles. The summed E-state index contributed by atoms with van der Waals surface area (Å²) in [7, 11) is -3.48. The van der Waals surface area contributed by atoms with Crippen LogP contribution in [0.1, 0.15) is 6.92 Å². The molecular weight excluding hydrogens is 322 g/mol. The highest BCUT2D eigenvalue weighted by atomic mass is 79.9. The number of sulfonamides is 1. The van der Waals surface area contributed by atoms with E-state index < -0.39 is 10.0 Å². The topological polar surface area (TPSA) is 46.2 Å². The molecule has 0 unspecified atom stereocenters. The normalized spacial score (nSPS) is 10.9. The molecule has 0 fully saturated rings. The largest absolute Gasteiger partial charge is 0.251 e. The highest BCUT2D eigenvalue weighted by Crippen LogP contribution is 2.34. The summed E-state index contributed by atoms with van der Waals surface area (Å²) < 4.78 is 26.4. The Kier molecular flexibility index (Phi) is 4.62. The summed E-state index contributed by atoms with van der Waals surface area (Å²) in [5, 5.41) is 0.391. The van der Waals surface area contributed by atoms with E-state index in [1.165, 1.54) is 6.07 Å². The number of rotatable bonds is 3. The Labute approximate surface area is 106 Å². The van der Waals surface area contributed by atoms with Crippen molar-refractivity contribution in [3.8, 4) is 11.8 Å². The van der Waals surface area contributed by atoms with Gasteiger partial charge in [-0.3, -0.25) is 0 Å². The molecule has 0 spiro atoms. The van der Waals surface area contributed by atoms with Crippen LogP contribution in [0, 0.1) is 11.8 Å². The van der Waals surface area contributed by atoms with Crippen molar-refractivity contribution in [1.29, 1.82) is 0 Å². The molecular formula is C8H7BrClNO2S2. The summed E-state index contributed by atoms with van der Waals surface area (Å²) in [6.45, 7) is 1.75. The Bertz CT molecular complexity index is 493. The van der Waals surface area contributed by atoms with Crippen LogP contribution >= 0.6 is 38.9 Å². The number of halogens is 2. The molecule has 0 atom stereocenters. The van der Waals surface area contributed by atoms with Crippen LogP contribution in [0.5, 0.6) is 0 Å². The minimum absolute atomic E-state index is 0.103. The Hall–Kier alpha value is -0.0600. The van der Waals surface area contributed by atoms with E-state index in [9.17, 15) is 8.42 Å². The van der Waals surface area contributed by atoms with E-state index in [0.29, 0.717) is 8.81 Å². The van der Waals surface area contributed by atoms with Gasteiger partial charge in [0.25, 0.3) is 10.0 Å². The second-order valence-corrected chi connectivity index (χ2v) is 7.21. The molecule has 0 aromatic carbocycles. The predicted octanol–water partition coefficient (Wildman–Crippen LogP) is 2.47. The fraction of sp³-hybridized carbons (Fsp3) is 0.250. The van der Waals surface area contributed by atoms with E-state index in [2.05, 4.69) is 32.5 Å². The smallest absolute Gasteiger partial charge is 0.206 e. The lowest BCUT2D eigenvalue weighted by Crippen LogP contribution is -2.23. The zero-order valence-electron chi connectivity index (χ0n) is 7.67. The van der Waals surface area contributed by atoms with Gasteiger partial charge in [0.2, 0.25) is 0 Å². The van der Waals surface area contributed by atoms with Gasteiger partial charge in [-0.15, -0.1) is 17.3 Å². The van der Waals surface area contributed by atoms with Gasteiger partial charge in [-0.25, -0.2) is 8.42 Å². The molecule has 0 amide bonds. The molecule has 0 saturated carbocycles. The first kappa shape index (κ1) is 13.0. The van der Waals surface area contributed by atoms with Gasteiger partial charge in [-0.05, 0) is 28.9 Å². The van der Waals surface area contributed by atoms with Crippen LogP contribution in [0.15, 0.2) is 14.1 Å². The molecule has 1 heterocycles. The van der Waals surface area contributed by atoms with Crippen LogP contribution in [0.4, 0.5) is 0 Å². The number of thiophene rings is 1. The maximum atomic E-state index is 11.6. The summed E-state index contributed by atoms with van der Waals surface area (Å²) >= 11 is 9.96. The molecule has 1 aromatic rings. The first-order valence-electron chi connectivity index (χ1n) is 3.81. The second kappa shape index (κ2) is 5.32. The molecule has 1 rings (SSSR count). The molecule has 15 heavy (non-hydrogen) atoms. The lowest BCUT2D eigenvalue weighted by Gasteiger charge is -1.98. The average Bonchev–Trinajstić information content (AvgIpc) is 2.48. The number of hydrogen-bond donors (Lipinski definition) is 1. The van der Waals surface area contributed by atoms with Gasteiger partial charge in [0.15, 0.2) is 0 Å². The average molecular weight is 329 g/mol. The molecule has 0 aliphatic carbocycles. The Morgan fingerprint density at radius 3 is 2.80 bits per heavy atom. The molecule has 0 radical (unpaired) electrons. The van der Waals surface area contributed by atoms with E-state index in [4.69, 9.17) is 11.6 Å². The van der Waals surface area contributed by atoms with Gasteiger partial charge in [-0.1, -0.05) is 17.5 Å². The Morgan fingerprint density at radius 2 is 2.33 bits per heavy atom. The third kappa shape index (κ3) is 3.47. The lowest BCUT2D eigenvalue weighted by molar-refractivity contribution is 0.588. The van der Waals surface area contributed by atoms with Gasteiger partial charge in [0.1, 0.15) is 4.21 Å². The van der Waals surface area contributed by atoms with Crippen molar-refractivity contribution < 1.29 is 8.42 Å². The molecule has 0 saturated heterocycles. The fourth-order valence-corrected chi connectivity index (χ4v) is 4.12. The summed E-state index contributed by atoms with van der Waals surface area (Å²) in [5.41, 5.74) is 0. The second-order valence-electron chi connectivity index (χ2n) is 2.44. The first-order chi connectivity index (χ1) is 6.97. The van der Waals surface area contributed by atoms with Crippen LogP contribution in [0.25, 0.3) is 0 Å². The van der Waals surface area contributed by atoms with Crippen LogP contribution in [0.2, 0.25) is 5.02 Å². The standard InChI is InChI=1S/C8H7BrClNO2S2/c1-2-3-4-11-15(12,13)7-5-6(10)8(9)14-7/h5,11H,4H2,1H3. The van der Waals surface area contributed by atoms with Gasteiger partial charge in [-0.2, -0.15) is 4.72 Å². The van der Waals surface area contributed by atoms with Crippen molar-refractivity contribution >= 4 is 48.9 Å². The zero-order valence-corrected chi connectivity index (χ0v) is 11.6. The summed E-state index contributed by atoms with van der Waals surface area (Å²) in [6.07, 6.45) is 0. The van der Waals surface area contributed by atoms with Crippen LogP contribution < -0.4 is 4.72 Å². The van der Waals surface area contributed by atoms with Crippen LogP contribution in [-0.2, 0) is 10.0 Å². The summed E-state index contributed by atoms with van der Waals surface area (Å²) in [4.78, 5) is 0. The van der Waals surface area contributed by atoms with Crippen LogP contribution in [-0.4, -0.2) is 15.0 Å². The third-order valence-electron chi connectivity index (χ3n) is 1.41. The lowest BCUT2D eigenvalue weighted by atomic mass is 10.6.